The number of methoxy groups -OCH3 is 1. The number of imide groups is 1. The van der Waals surface area contributed by atoms with Crippen LogP contribution >= 0.6 is 0 Å². The van der Waals surface area contributed by atoms with E-state index in [4.69, 9.17) is 9.15 Å². The number of carbonyl (C=O) groups excluding carboxylic acids is 2. The lowest BCUT2D eigenvalue weighted by molar-refractivity contribution is -0.181. The van der Waals surface area contributed by atoms with Gasteiger partial charge in [0.05, 0.1) is 25.8 Å². The summed E-state index contributed by atoms with van der Waals surface area (Å²) in [7, 11) is 1.64. The number of furan rings is 1. The largest absolute Gasteiger partial charge is 0.497 e. The van der Waals surface area contributed by atoms with Gasteiger partial charge in [-0.05, 0) is 43.2 Å². The van der Waals surface area contributed by atoms with Gasteiger partial charge in [-0.15, -0.1) is 0 Å². The number of β-amino-alcohol motifs (C(OH)–C–C–N with tert-alkyl or cyclic N) is 1. The molecule has 3 fully saturated rings. The highest BCUT2D eigenvalue weighted by molar-refractivity contribution is 6.06. The maximum absolute atomic E-state index is 13.6. The number of benzene rings is 1. The molecule has 5 rings (SSSR count). The molecule has 2 amide bonds. The van der Waals surface area contributed by atoms with E-state index in [1.807, 2.05) is 42.2 Å². The predicted octanol–water partition coefficient (Wildman–Crippen LogP) is 1.16. The molecule has 0 saturated carbocycles. The summed E-state index contributed by atoms with van der Waals surface area (Å²) in [6.45, 7) is 4.05. The van der Waals surface area contributed by atoms with Gasteiger partial charge < -0.3 is 14.3 Å². The van der Waals surface area contributed by atoms with Gasteiger partial charge in [-0.3, -0.25) is 24.3 Å². The molecule has 1 N–H and O–H groups in total. The molecular formula is C23H27N3O5. The minimum absolute atomic E-state index is 0.129. The minimum Gasteiger partial charge on any atom is -0.497 e. The normalized spacial score (nSPS) is 25.7. The van der Waals surface area contributed by atoms with Crippen molar-refractivity contribution in [2.45, 2.75) is 44.1 Å². The Bertz CT molecular complexity index is 1010. The number of carbonyl (C=O) groups is 2. The van der Waals surface area contributed by atoms with Crippen LogP contribution < -0.4 is 4.74 Å². The van der Waals surface area contributed by atoms with Crippen LogP contribution in [0.1, 0.15) is 23.5 Å². The number of piperazine rings is 1. The van der Waals surface area contributed by atoms with Gasteiger partial charge in [-0.1, -0.05) is 12.1 Å². The third-order valence-corrected chi connectivity index (χ3v) is 6.64. The molecule has 164 valence electrons. The summed E-state index contributed by atoms with van der Waals surface area (Å²) in [6, 6.07) is 11.0. The van der Waals surface area contributed by atoms with Crippen molar-refractivity contribution in [3.8, 4) is 5.75 Å². The zero-order chi connectivity index (χ0) is 21.8. The topological polar surface area (TPSA) is 86.5 Å². The highest BCUT2D eigenvalue weighted by atomic mass is 16.5. The highest BCUT2D eigenvalue weighted by Crippen LogP contribution is 2.41. The first kappa shape index (κ1) is 20.2. The van der Waals surface area contributed by atoms with Gasteiger partial charge in [-0.25, -0.2) is 0 Å². The van der Waals surface area contributed by atoms with Gasteiger partial charge in [0.1, 0.15) is 22.8 Å². The maximum atomic E-state index is 13.6. The molecule has 2 atom stereocenters. The fourth-order valence-corrected chi connectivity index (χ4v) is 5.20. The molecule has 1 aromatic heterocycles. The number of hydrogen-bond donors (Lipinski definition) is 1. The van der Waals surface area contributed by atoms with Crippen LogP contribution in [0.3, 0.4) is 0 Å². The smallest absolute Gasteiger partial charge is 0.252 e. The van der Waals surface area contributed by atoms with Crippen molar-refractivity contribution in [3.05, 3.63) is 53.5 Å². The van der Waals surface area contributed by atoms with Crippen molar-refractivity contribution < 1.29 is 23.8 Å². The summed E-state index contributed by atoms with van der Waals surface area (Å²) in [4.78, 5) is 32.2. The molecular weight excluding hydrogens is 398 g/mol. The first-order valence-corrected chi connectivity index (χ1v) is 10.6. The second-order valence-electron chi connectivity index (χ2n) is 8.83. The number of aryl methyl sites for hydroxylation is 1. The molecule has 1 spiro atoms. The van der Waals surface area contributed by atoms with Gasteiger partial charge >= 0.3 is 0 Å². The van der Waals surface area contributed by atoms with Crippen LogP contribution in [0.25, 0.3) is 0 Å². The molecule has 3 saturated heterocycles. The molecule has 0 aliphatic carbocycles. The molecule has 0 radical (unpaired) electrons. The highest BCUT2D eigenvalue weighted by Gasteiger charge is 2.64. The van der Waals surface area contributed by atoms with E-state index in [0.29, 0.717) is 38.4 Å². The van der Waals surface area contributed by atoms with E-state index in [1.165, 1.54) is 4.90 Å². The molecule has 4 heterocycles. The van der Waals surface area contributed by atoms with Gasteiger partial charge in [0.15, 0.2) is 0 Å². The second kappa shape index (κ2) is 7.47. The number of aliphatic hydroxyl groups excluding tert-OH is 1. The molecule has 8 nitrogen and oxygen atoms in total. The molecule has 2 aromatic rings. The monoisotopic (exact) mass is 425 g/mol. The Labute approximate surface area is 181 Å². The Morgan fingerprint density at radius 1 is 1.19 bits per heavy atom. The van der Waals surface area contributed by atoms with Gasteiger partial charge in [-0.2, -0.15) is 0 Å². The summed E-state index contributed by atoms with van der Waals surface area (Å²) in [5.74, 6) is 1.70. The minimum atomic E-state index is -0.781. The number of likely N-dealkylation sites (tertiary alicyclic amines) is 1. The third-order valence-electron chi connectivity index (χ3n) is 6.64. The average Bonchev–Trinajstić information content (AvgIpc) is 3.32. The molecule has 31 heavy (non-hydrogen) atoms. The van der Waals surface area contributed by atoms with Crippen molar-refractivity contribution in [3.63, 3.8) is 0 Å². The van der Waals surface area contributed by atoms with Gasteiger partial charge in [0.2, 0.25) is 5.91 Å². The quantitative estimate of drug-likeness (QED) is 0.720. The second-order valence-corrected chi connectivity index (χ2v) is 8.83. The summed E-state index contributed by atoms with van der Waals surface area (Å²) in [5.41, 5.74) is 0.325. The Kier molecular flexibility index (Phi) is 4.88. The van der Waals surface area contributed by atoms with Crippen molar-refractivity contribution in [2.24, 2.45) is 0 Å². The number of ether oxygens (including phenoxy) is 1. The number of fused-ring (bicyclic) bond motifs is 2. The number of amides is 2. The Balaban J connectivity index is 1.37. The van der Waals surface area contributed by atoms with Crippen molar-refractivity contribution in [1.29, 1.82) is 0 Å². The van der Waals surface area contributed by atoms with E-state index in [2.05, 4.69) is 4.90 Å². The Morgan fingerprint density at radius 2 is 2.00 bits per heavy atom. The zero-order valence-corrected chi connectivity index (χ0v) is 17.8. The first-order valence-electron chi connectivity index (χ1n) is 10.6. The fraction of sp³-hybridized carbons (Fsp3) is 0.478. The van der Waals surface area contributed by atoms with Crippen LogP contribution in [-0.4, -0.2) is 76.0 Å². The van der Waals surface area contributed by atoms with Gasteiger partial charge in [0.25, 0.3) is 5.91 Å². The van der Waals surface area contributed by atoms with E-state index >= 15 is 0 Å². The fourth-order valence-electron chi connectivity index (χ4n) is 5.20. The summed E-state index contributed by atoms with van der Waals surface area (Å²) < 4.78 is 10.9. The van der Waals surface area contributed by atoms with Crippen LogP contribution in [0, 0.1) is 6.92 Å². The van der Waals surface area contributed by atoms with E-state index in [1.54, 1.807) is 13.2 Å². The van der Waals surface area contributed by atoms with E-state index in [9.17, 15) is 14.7 Å². The average molecular weight is 425 g/mol. The van der Waals surface area contributed by atoms with Crippen molar-refractivity contribution in [2.75, 3.05) is 26.7 Å². The maximum Gasteiger partial charge on any atom is 0.252 e. The molecule has 2 unspecified atom stereocenters. The first-order chi connectivity index (χ1) is 14.9. The van der Waals surface area contributed by atoms with E-state index in [0.717, 1.165) is 17.1 Å². The van der Waals surface area contributed by atoms with Crippen LogP contribution in [0.4, 0.5) is 0 Å². The molecule has 8 heteroatoms. The molecule has 3 aliphatic rings. The van der Waals surface area contributed by atoms with E-state index in [-0.39, 0.29) is 18.4 Å². The lowest BCUT2D eigenvalue weighted by atomic mass is 9.82. The zero-order valence-electron chi connectivity index (χ0n) is 17.8. The van der Waals surface area contributed by atoms with E-state index < -0.39 is 17.7 Å². The summed E-state index contributed by atoms with van der Waals surface area (Å²) in [6.07, 6.45) is -0.242. The van der Waals surface area contributed by atoms with Crippen molar-refractivity contribution in [1.82, 2.24) is 14.7 Å². The Hall–Kier alpha value is -2.68. The number of hydrogen-bond acceptors (Lipinski definition) is 7. The Morgan fingerprint density at radius 3 is 2.71 bits per heavy atom. The van der Waals surface area contributed by atoms with Crippen LogP contribution in [0.5, 0.6) is 5.75 Å². The third kappa shape index (κ3) is 3.35. The van der Waals surface area contributed by atoms with Crippen LogP contribution in [0.2, 0.25) is 0 Å². The van der Waals surface area contributed by atoms with Gasteiger partial charge in [0, 0.05) is 26.2 Å². The molecule has 0 bridgehead atoms. The standard InChI is InChI=1S/C23H27N3O5/c1-15-6-7-19(31-15)12-25-21(28)20-9-17(27)11-26(20)23(22(25)29)13-24(14-23)10-16-4-3-5-18(8-16)30-2/h3-8,17,20,27H,9-14H2,1-2H3. The summed E-state index contributed by atoms with van der Waals surface area (Å²) in [5, 5.41) is 10.3. The summed E-state index contributed by atoms with van der Waals surface area (Å²) >= 11 is 0. The molecule has 3 aliphatic heterocycles. The predicted molar refractivity (Wildman–Crippen MR) is 111 cm³/mol. The lowest BCUT2D eigenvalue weighted by Gasteiger charge is -2.58. The number of nitrogens with zero attached hydrogens (tertiary/aromatic N) is 3. The van der Waals surface area contributed by atoms with Crippen LogP contribution in [0.15, 0.2) is 40.8 Å². The SMILES string of the molecule is COc1cccc(CN2CC3(C2)C(=O)N(Cc2ccc(C)o2)C(=O)C2CC(O)CN23)c1. The lowest BCUT2D eigenvalue weighted by Crippen LogP contribution is -2.81. The van der Waals surface area contributed by atoms with Crippen molar-refractivity contribution >= 4 is 11.8 Å². The number of rotatable bonds is 5. The number of aliphatic hydroxyl groups is 1. The molecule has 1 aromatic carbocycles. The van der Waals surface area contributed by atoms with Crippen LogP contribution in [-0.2, 0) is 22.7 Å².